The van der Waals surface area contributed by atoms with Crippen molar-refractivity contribution in [1.29, 1.82) is 0 Å². The standard InChI is InChI=1S/C18H27IO/c1-12(2)14-10-15(13-6-8-20-9-7-13)17(16(19)11-14)18(3,4)5/h10-13H,6-9H2,1-5H3. The SMILES string of the molecule is CC(C)c1cc(I)c(C(C)(C)C)c(C2CCOCC2)c1. The molecule has 1 saturated heterocycles. The van der Waals surface area contributed by atoms with Crippen LogP contribution in [0.15, 0.2) is 12.1 Å². The zero-order valence-corrected chi connectivity index (χ0v) is 15.6. The number of benzene rings is 1. The third kappa shape index (κ3) is 3.56. The molecule has 1 heterocycles. The molecule has 1 aromatic carbocycles. The normalized spacial score (nSPS) is 17.8. The van der Waals surface area contributed by atoms with Crippen LogP contribution in [0.25, 0.3) is 0 Å². The second-order valence-corrected chi connectivity index (χ2v) is 8.42. The van der Waals surface area contributed by atoms with Gasteiger partial charge in [0.1, 0.15) is 0 Å². The minimum atomic E-state index is 0.208. The van der Waals surface area contributed by atoms with E-state index in [0.29, 0.717) is 11.8 Å². The fourth-order valence-corrected chi connectivity index (χ4v) is 4.58. The van der Waals surface area contributed by atoms with E-state index in [-0.39, 0.29) is 5.41 Å². The quantitative estimate of drug-likeness (QED) is 0.601. The van der Waals surface area contributed by atoms with Crippen molar-refractivity contribution in [3.63, 3.8) is 0 Å². The summed E-state index contributed by atoms with van der Waals surface area (Å²) in [6.45, 7) is 13.4. The lowest BCUT2D eigenvalue weighted by molar-refractivity contribution is 0.0849. The lowest BCUT2D eigenvalue weighted by Gasteiger charge is -2.32. The van der Waals surface area contributed by atoms with Crippen molar-refractivity contribution in [2.75, 3.05) is 13.2 Å². The molecule has 0 amide bonds. The largest absolute Gasteiger partial charge is 0.381 e. The molecule has 0 aliphatic carbocycles. The molecule has 1 aromatic rings. The van der Waals surface area contributed by atoms with Gasteiger partial charge in [0.25, 0.3) is 0 Å². The van der Waals surface area contributed by atoms with Crippen LogP contribution in [0.5, 0.6) is 0 Å². The molecule has 0 atom stereocenters. The van der Waals surface area contributed by atoms with E-state index in [2.05, 4.69) is 69.3 Å². The zero-order valence-electron chi connectivity index (χ0n) is 13.4. The van der Waals surface area contributed by atoms with Crippen molar-refractivity contribution >= 4 is 22.6 Å². The maximum atomic E-state index is 5.55. The highest BCUT2D eigenvalue weighted by atomic mass is 127. The first-order valence-corrected chi connectivity index (χ1v) is 8.80. The maximum absolute atomic E-state index is 5.55. The first kappa shape index (κ1) is 16.3. The summed E-state index contributed by atoms with van der Waals surface area (Å²) in [5, 5.41) is 0. The van der Waals surface area contributed by atoms with E-state index in [1.165, 1.54) is 22.0 Å². The summed E-state index contributed by atoms with van der Waals surface area (Å²) >= 11 is 2.54. The molecule has 2 rings (SSSR count). The first-order valence-electron chi connectivity index (χ1n) is 7.72. The lowest BCUT2D eigenvalue weighted by atomic mass is 9.76. The van der Waals surface area contributed by atoms with Crippen LogP contribution in [-0.4, -0.2) is 13.2 Å². The van der Waals surface area contributed by atoms with Crippen molar-refractivity contribution in [3.8, 4) is 0 Å². The van der Waals surface area contributed by atoms with E-state index in [1.54, 1.807) is 11.1 Å². The third-order valence-electron chi connectivity index (χ3n) is 4.22. The van der Waals surface area contributed by atoms with Crippen LogP contribution >= 0.6 is 22.6 Å². The fraction of sp³-hybridized carbons (Fsp3) is 0.667. The second-order valence-electron chi connectivity index (χ2n) is 7.26. The highest BCUT2D eigenvalue weighted by molar-refractivity contribution is 14.1. The Morgan fingerprint density at radius 1 is 1.15 bits per heavy atom. The molecule has 0 radical (unpaired) electrons. The van der Waals surface area contributed by atoms with Gasteiger partial charge in [0.15, 0.2) is 0 Å². The van der Waals surface area contributed by atoms with Gasteiger partial charge in [-0.15, -0.1) is 0 Å². The average molecular weight is 386 g/mol. The Balaban J connectivity index is 2.54. The molecule has 0 aromatic heterocycles. The van der Waals surface area contributed by atoms with Gasteiger partial charge in [-0.25, -0.2) is 0 Å². The van der Waals surface area contributed by atoms with Gasteiger partial charge in [-0.05, 0) is 75.4 Å². The summed E-state index contributed by atoms with van der Waals surface area (Å²) < 4.78 is 6.99. The number of hydrogen-bond acceptors (Lipinski definition) is 1. The van der Waals surface area contributed by atoms with E-state index < -0.39 is 0 Å². The van der Waals surface area contributed by atoms with Gasteiger partial charge in [0, 0.05) is 16.8 Å². The number of ether oxygens (including phenoxy) is 1. The summed E-state index contributed by atoms with van der Waals surface area (Å²) in [7, 11) is 0. The fourth-order valence-electron chi connectivity index (χ4n) is 3.10. The van der Waals surface area contributed by atoms with Gasteiger partial charge in [-0.1, -0.05) is 40.7 Å². The third-order valence-corrected chi connectivity index (χ3v) is 5.07. The van der Waals surface area contributed by atoms with Gasteiger partial charge in [0.05, 0.1) is 0 Å². The van der Waals surface area contributed by atoms with Gasteiger partial charge in [0.2, 0.25) is 0 Å². The summed E-state index contributed by atoms with van der Waals surface area (Å²) in [5.41, 5.74) is 4.81. The van der Waals surface area contributed by atoms with E-state index in [1.807, 2.05) is 0 Å². The van der Waals surface area contributed by atoms with Crippen LogP contribution in [0.3, 0.4) is 0 Å². The zero-order chi connectivity index (χ0) is 14.9. The molecule has 20 heavy (non-hydrogen) atoms. The maximum Gasteiger partial charge on any atom is 0.0471 e. The van der Waals surface area contributed by atoms with Gasteiger partial charge < -0.3 is 4.74 Å². The molecule has 0 spiro atoms. The Morgan fingerprint density at radius 3 is 2.25 bits per heavy atom. The topological polar surface area (TPSA) is 9.23 Å². The molecule has 0 unspecified atom stereocenters. The predicted molar refractivity (Wildman–Crippen MR) is 94.7 cm³/mol. The smallest absolute Gasteiger partial charge is 0.0471 e. The highest BCUT2D eigenvalue weighted by Gasteiger charge is 2.27. The Hall–Kier alpha value is -0.0900. The van der Waals surface area contributed by atoms with Crippen molar-refractivity contribution in [2.24, 2.45) is 0 Å². The molecule has 1 aliphatic rings. The van der Waals surface area contributed by atoms with Crippen molar-refractivity contribution in [3.05, 3.63) is 32.4 Å². The highest BCUT2D eigenvalue weighted by Crippen LogP contribution is 2.39. The van der Waals surface area contributed by atoms with Gasteiger partial charge >= 0.3 is 0 Å². The average Bonchev–Trinajstić information content (AvgIpc) is 2.37. The molecule has 0 bridgehead atoms. The molecular formula is C18H27IO. The van der Waals surface area contributed by atoms with Crippen molar-refractivity contribution < 1.29 is 4.74 Å². The Morgan fingerprint density at radius 2 is 1.75 bits per heavy atom. The minimum Gasteiger partial charge on any atom is -0.381 e. The summed E-state index contributed by atoms with van der Waals surface area (Å²) in [5.74, 6) is 1.27. The summed E-state index contributed by atoms with van der Waals surface area (Å²) in [6, 6.07) is 4.86. The molecule has 1 nitrogen and oxygen atoms in total. The monoisotopic (exact) mass is 386 g/mol. The van der Waals surface area contributed by atoms with Crippen LogP contribution in [0.4, 0.5) is 0 Å². The first-order chi connectivity index (χ1) is 9.30. The van der Waals surface area contributed by atoms with E-state index in [4.69, 9.17) is 4.74 Å². The number of halogens is 1. The predicted octanol–water partition coefficient (Wildman–Crippen LogP) is 5.61. The Kier molecular flexibility index (Phi) is 5.17. The van der Waals surface area contributed by atoms with Crippen LogP contribution in [0.2, 0.25) is 0 Å². The Labute approximate surface area is 137 Å². The van der Waals surface area contributed by atoms with Crippen LogP contribution < -0.4 is 0 Å². The van der Waals surface area contributed by atoms with Crippen molar-refractivity contribution in [2.45, 2.75) is 64.7 Å². The summed E-state index contributed by atoms with van der Waals surface area (Å²) in [6.07, 6.45) is 2.33. The van der Waals surface area contributed by atoms with Crippen LogP contribution in [-0.2, 0) is 10.2 Å². The van der Waals surface area contributed by atoms with E-state index in [0.717, 1.165) is 13.2 Å². The molecule has 1 fully saturated rings. The lowest BCUT2D eigenvalue weighted by Crippen LogP contribution is -2.22. The molecule has 0 saturated carbocycles. The van der Waals surface area contributed by atoms with Gasteiger partial charge in [-0.2, -0.15) is 0 Å². The number of rotatable bonds is 2. The molecular weight excluding hydrogens is 359 g/mol. The molecule has 2 heteroatoms. The molecule has 0 N–H and O–H groups in total. The van der Waals surface area contributed by atoms with E-state index >= 15 is 0 Å². The second kappa shape index (κ2) is 6.35. The van der Waals surface area contributed by atoms with E-state index in [9.17, 15) is 0 Å². The van der Waals surface area contributed by atoms with Crippen LogP contribution in [0.1, 0.15) is 76.0 Å². The Bertz CT molecular complexity index is 465. The minimum absolute atomic E-state index is 0.208. The number of hydrogen-bond donors (Lipinski definition) is 0. The molecule has 112 valence electrons. The van der Waals surface area contributed by atoms with Crippen LogP contribution in [0, 0.1) is 3.57 Å². The van der Waals surface area contributed by atoms with Gasteiger partial charge in [-0.3, -0.25) is 0 Å². The summed E-state index contributed by atoms with van der Waals surface area (Å²) in [4.78, 5) is 0. The van der Waals surface area contributed by atoms with Crippen molar-refractivity contribution in [1.82, 2.24) is 0 Å². The molecule has 1 aliphatic heterocycles.